The molecule has 1 aromatic heterocycles. The van der Waals surface area contributed by atoms with Crippen molar-refractivity contribution in [2.75, 3.05) is 25.0 Å². The van der Waals surface area contributed by atoms with Gasteiger partial charge in [0.1, 0.15) is 5.82 Å². The number of nitrogens with one attached hydrogen (secondary N) is 2. The third kappa shape index (κ3) is 2.48. The molecule has 2 heterocycles. The monoisotopic (exact) mass is 263 g/mol. The summed E-state index contributed by atoms with van der Waals surface area (Å²) in [6.07, 6.45) is 7.47. The summed E-state index contributed by atoms with van der Waals surface area (Å²) >= 11 is 0. The van der Waals surface area contributed by atoms with E-state index in [2.05, 4.69) is 27.3 Å². The van der Waals surface area contributed by atoms with Crippen molar-refractivity contribution in [2.45, 2.75) is 56.9 Å². The average Bonchev–Trinajstić information content (AvgIpc) is 3.08. The van der Waals surface area contributed by atoms with Gasteiger partial charge >= 0.3 is 0 Å². The van der Waals surface area contributed by atoms with Crippen molar-refractivity contribution in [3.8, 4) is 0 Å². The summed E-state index contributed by atoms with van der Waals surface area (Å²) in [6, 6.07) is 0.655. The van der Waals surface area contributed by atoms with Gasteiger partial charge in [0.25, 0.3) is 0 Å². The molecule has 0 radical (unpaired) electrons. The van der Waals surface area contributed by atoms with Crippen molar-refractivity contribution in [1.82, 2.24) is 20.5 Å². The van der Waals surface area contributed by atoms with Gasteiger partial charge < -0.3 is 10.2 Å². The third-order valence-electron chi connectivity index (χ3n) is 4.94. The van der Waals surface area contributed by atoms with Gasteiger partial charge in [-0.1, -0.05) is 19.8 Å². The van der Waals surface area contributed by atoms with Crippen LogP contribution in [-0.2, 0) is 5.41 Å². The molecule has 0 amide bonds. The fraction of sp³-hybridized carbons (Fsp3) is 0.857. The average molecular weight is 263 g/mol. The van der Waals surface area contributed by atoms with Crippen molar-refractivity contribution < 1.29 is 0 Å². The van der Waals surface area contributed by atoms with Crippen molar-refractivity contribution in [1.29, 1.82) is 0 Å². The number of aromatic nitrogens is 3. The molecule has 2 fully saturated rings. The Balaban J connectivity index is 1.68. The second-order valence-electron chi connectivity index (χ2n) is 6.30. The summed E-state index contributed by atoms with van der Waals surface area (Å²) in [5, 5.41) is 11.0. The van der Waals surface area contributed by atoms with Crippen molar-refractivity contribution in [3.05, 3.63) is 5.82 Å². The molecule has 0 bridgehead atoms. The molecule has 2 N–H and O–H groups in total. The number of hydrogen-bond donors (Lipinski definition) is 2. The lowest BCUT2D eigenvalue weighted by Crippen LogP contribution is -2.41. The van der Waals surface area contributed by atoms with E-state index in [9.17, 15) is 0 Å². The van der Waals surface area contributed by atoms with E-state index >= 15 is 0 Å². The smallest absolute Gasteiger partial charge is 0.244 e. The lowest BCUT2D eigenvalue weighted by Gasteiger charge is -2.30. The highest BCUT2D eigenvalue weighted by molar-refractivity contribution is 5.31. The largest absolute Gasteiger partial charge is 0.339 e. The van der Waals surface area contributed by atoms with Gasteiger partial charge in [-0.05, 0) is 32.7 Å². The lowest BCUT2D eigenvalue weighted by molar-refractivity contribution is 0.438. The fourth-order valence-corrected chi connectivity index (χ4v) is 3.42. The first kappa shape index (κ1) is 12.9. The fourth-order valence-electron chi connectivity index (χ4n) is 3.42. The molecular formula is C14H25N5. The van der Waals surface area contributed by atoms with E-state index in [1.807, 2.05) is 7.05 Å². The molecule has 1 saturated carbocycles. The molecule has 2 aliphatic rings. The van der Waals surface area contributed by atoms with Crippen LogP contribution in [-0.4, -0.2) is 41.4 Å². The Labute approximate surface area is 115 Å². The lowest BCUT2D eigenvalue weighted by atomic mass is 9.88. The quantitative estimate of drug-likeness (QED) is 0.873. The Bertz CT molecular complexity index is 413. The number of rotatable bonds is 3. The summed E-state index contributed by atoms with van der Waals surface area (Å²) in [5.41, 5.74) is 0.231. The Kier molecular flexibility index (Phi) is 3.48. The van der Waals surface area contributed by atoms with Gasteiger partial charge in [0, 0.05) is 24.5 Å². The zero-order valence-electron chi connectivity index (χ0n) is 12.1. The van der Waals surface area contributed by atoms with Crippen LogP contribution in [0.2, 0.25) is 0 Å². The second kappa shape index (κ2) is 5.12. The molecule has 1 aliphatic carbocycles. The van der Waals surface area contributed by atoms with E-state index in [-0.39, 0.29) is 5.41 Å². The van der Waals surface area contributed by atoms with Crippen LogP contribution in [0.5, 0.6) is 0 Å². The Morgan fingerprint density at radius 3 is 2.58 bits per heavy atom. The summed E-state index contributed by atoms with van der Waals surface area (Å²) < 4.78 is 0. The van der Waals surface area contributed by atoms with Crippen LogP contribution in [0.3, 0.4) is 0 Å². The molecule has 5 nitrogen and oxygen atoms in total. The molecule has 0 aromatic carbocycles. The topological polar surface area (TPSA) is 56.8 Å². The summed E-state index contributed by atoms with van der Waals surface area (Å²) in [5.74, 6) is 1.99. The molecule has 19 heavy (non-hydrogen) atoms. The number of piperidine rings is 1. The summed E-state index contributed by atoms with van der Waals surface area (Å²) in [6.45, 7) is 4.43. The second-order valence-corrected chi connectivity index (χ2v) is 6.30. The minimum Gasteiger partial charge on any atom is -0.339 e. The van der Waals surface area contributed by atoms with Gasteiger partial charge in [-0.15, -0.1) is 5.10 Å². The molecule has 5 heteroatoms. The van der Waals surface area contributed by atoms with Gasteiger partial charge in [-0.2, -0.15) is 4.98 Å². The first-order valence-electron chi connectivity index (χ1n) is 7.56. The highest BCUT2D eigenvalue weighted by Crippen LogP contribution is 2.39. The van der Waals surface area contributed by atoms with E-state index in [4.69, 9.17) is 4.98 Å². The van der Waals surface area contributed by atoms with Crippen LogP contribution in [0.25, 0.3) is 0 Å². The van der Waals surface area contributed by atoms with E-state index in [1.54, 1.807) is 0 Å². The number of H-pyrrole nitrogens is 1. The molecule has 106 valence electrons. The molecule has 3 rings (SSSR count). The van der Waals surface area contributed by atoms with Gasteiger partial charge in [0.05, 0.1) is 0 Å². The van der Waals surface area contributed by atoms with Crippen LogP contribution >= 0.6 is 0 Å². The highest BCUT2D eigenvalue weighted by atomic mass is 15.4. The van der Waals surface area contributed by atoms with Gasteiger partial charge in [-0.3, -0.25) is 5.10 Å². The number of anilines is 1. The first-order chi connectivity index (χ1) is 9.21. The van der Waals surface area contributed by atoms with E-state index in [0.717, 1.165) is 24.9 Å². The maximum atomic E-state index is 4.78. The van der Waals surface area contributed by atoms with Crippen LogP contribution < -0.4 is 10.2 Å². The Hall–Kier alpha value is -1.10. The molecular weight excluding hydrogens is 238 g/mol. The molecule has 0 spiro atoms. The van der Waals surface area contributed by atoms with Crippen molar-refractivity contribution in [3.63, 3.8) is 0 Å². The molecule has 0 atom stereocenters. The van der Waals surface area contributed by atoms with E-state index in [0.29, 0.717) is 6.04 Å². The first-order valence-corrected chi connectivity index (χ1v) is 7.56. The molecule has 1 saturated heterocycles. The minimum absolute atomic E-state index is 0.231. The molecule has 1 aliphatic heterocycles. The van der Waals surface area contributed by atoms with Crippen LogP contribution in [0.4, 0.5) is 5.95 Å². The van der Waals surface area contributed by atoms with E-state index in [1.165, 1.54) is 38.5 Å². The Morgan fingerprint density at radius 1 is 1.26 bits per heavy atom. The predicted octanol–water partition coefficient (Wildman–Crippen LogP) is 1.82. The normalized spacial score (nSPS) is 24.0. The number of hydrogen-bond acceptors (Lipinski definition) is 4. The highest BCUT2D eigenvalue weighted by Gasteiger charge is 2.34. The minimum atomic E-state index is 0.231. The van der Waals surface area contributed by atoms with Crippen LogP contribution in [0.15, 0.2) is 0 Å². The maximum absolute atomic E-state index is 4.78. The summed E-state index contributed by atoms with van der Waals surface area (Å²) in [4.78, 5) is 7.09. The summed E-state index contributed by atoms with van der Waals surface area (Å²) in [7, 11) is 2.05. The SMILES string of the molecule is CNC1CCN(c2n[nH]c(C3(C)CCCC3)n2)CC1. The van der Waals surface area contributed by atoms with Gasteiger partial charge in [0.2, 0.25) is 5.95 Å². The van der Waals surface area contributed by atoms with Crippen molar-refractivity contribution in [2.24, 2.45) is 0 Å². The Morgan fingerprint density at radius 2 is 1.95 bits per heavy atom. The third-order valence-corrected chi connectivity index (χ3v) is 4.94. The standard InChI is InChI=1S/C14H25N5/c1-14(7-3-4-8-14)12-16-13(18-17-12)19-9-5-11(15-2)6-10-19/h11,15H,3-10H2,1-2H3,(H,16,17,18). The van der Waals surface area contributed by atoms with Gasteiger partial charge in [0.15, 0.2) is 0 Å². The van der Waals surface area contributed by atoms with E-state index < -0.39 is 0 Å². The van der Waals surface area contributed by atoms with Gasteiger partial charge in [-0.25, -0.2) is 0 Å². The van der Waals surface area contributed by atoms with Crippen LogP contribution in [0, 0.1) is 0 Å². The zero-order valence-corrected chi connectivity index (χ0v) is 12.1. The number of aromatic amines is 1. The number of nitrogens with zero attached hydrogens (tertiary/aromatic N) is 3. The maximum Gasteiger partial charge on any atom is 0.244 e. The van der Waals surface area contributed by atoms with Crippen LogP contribution in [0.1, 0.15) is 51.3 Å². The predicted molar refractivity (Wildman–Crippen MR) is 76.5 cm³/mol. The molecule has 0 unspecified atom stereocenters. The molecule has 1 aromatic rings. The van der Waals surface area contributed by atoms with Crippen molar-refractivity contribution >= 4 is 5.95 Å². The zero-order chi connectivity index (χ0) is 13.3.